The Labute approximate surface area is 132 Å². The molecule has 3 aliphatic carbocycles. The van der Waals surface area contributed by atoms with E-state index in [9.17, 15) is 0 Å². The number of hydrogen-bond donors (Lipinski definition) is 0. The van der Waals surface area contributed by atoms with Crippen molar-refractivity contribution in [2.45, 2.75) is 43.6 Å². The third-order valence-corrected chi connectivity index (χ3v) is 7.23. The summed E-state index contributed by atoms with van der Waals surface area (Å²) in [5.74, 6) is 2.72. The molecule has 2 bridgehead atoms. The molecule has 2 unspecified atom stereocenters. The molecule has 0 aromatic heterocycles. The first-order chi connectivity index (χ1) is 10.7. The molecule has 3 nitrogen and oxygen atoms in total. The van der Waals surface area contributed by atoms with Crippen molar-refractivity contribution in [3.63, 3.8) is 0 Å². The third-order valence-electron chi connectivity index (χ3n) is 7.23. The van der Waals surface area contributed by atoms with Crippen molar-refractivity contribution in [1.82, 2.24) is 4.90 Å². The molecule has 5 aliphatic rings. The molecule has 118 valence electrons. The van der Waals surface area contributed by atoms with Gasteiger partial charge in [0.25, 0.3) is 0 Å². The molecule has 3 heteroatoms. The Morgan fingerprint density at radius 3 is 2.82 bits per heavy atom. The Morgan fingerprint density at radius 1 is 1.23 bits per heavy atom. The Bertz CT molecular complexity index is 620. The fourth-order valence-electron chi connectivity index (χ4n) is 6.36. The van der Waals surface area contributed by atoms with Gasteiger partial charge in [0.2, 0.25) is 0 Å². The summed E-state index contributed by atoms with van der Waals surface area (Å²) in [7, 11) is 4.05. The first kappa shape index (κ1) is 13.2. The van der Waals surface area contributed by atoms with Gasteiger partial charge >= 0.3 is 0 Å². The van der Waals surface area contributed by atoms with Crippen molar-refractivity contribution in [3.8, 4) is 11.5 Å². The third kappa shape index (κ3) is 1.33. The number of piperidine rings is 1. The van der Waals surface area contributed by atoms with Gasteiger partial charge in [-0.25, -0.2) is 0 Å². The molecular formula is C19H25NO2. The van der Waals surface area contributed by atoms with E-state index in [4.69, 9.17) is 9.47 Å². The first-order valence-electron chi connectivity index (χ1n) is 8.73. The van der Waals surface area contributed by atoms with Gasteiger partial charge in [-0.2, -0.15) is 0 Å². The highest BCUT2D eigenvalue weighted by Crippen LogP contribution is 2.69. The van der Waals surface area contributed by atoms with E-state index in [0.29, 0.717) is 11.5 Å². The maximum Gasteiger partial charge on any atom is 0.165 e. The number of ether oxygens (including phenoxy) is 2. The fraction of sp³-hybridized carbons (Fsp3) is 0.684. The summed E-state index contributed by atoms with van der Waals surface area (Å²) in [6.45, 7) is 2.42. The second kappa shape index (κ2) is 4.19. The van der Waals surface area contributed by atoms with Crippen LogP contribution in [-0.2, 0) is 5.41 Å². The second-order valence-corrected chi connectivity index (χ2v) is 7.95. The van der Waals surface area contributed by atoms with Gasteiger partial charge in [0.1, 0.15) is 6.10 Å². The average molecular weight is 299 g/mol. The molecule has 1 saturated heterocycles. The lowest BCUT2D eigenvalue weighted by atomic mass is 9.42. The van der Waals surface area contributed by atoms with Crippen molar-refractivity contribution in [2.75, 3.05) is 27.2 Å². The molecule has 2 heterocycles. The second-order valence-electron chi connectivity index (χ2n) is 7.95. The average Bonchev–Trinajstić information content (AvgIpc) is 2.91. The lowest BCUT2D eigenvalue weighted by Crippen LogP contribution is -2.68. The van der Waals surface area contributed by atoms with E-state index < -0.39 is 0 Å². The van der Waals surface area contributed by atoms with Gasteiger partial charge in [0.05, 0.1) is 7.11 Å². The number of hydrogen-bond acceptors (Lipinski definition) is 3. The van der Waals surface area contributed by atoms with Crippen LogP contribution in [-0.4, -0.2) is 38.3 Å². The Morgan fingerprint density at radius 2 is 2.05 bits per heavy atom. The van der Waals surface area contributed by atoms with E-state index in [1.165, 1.54) is 50.8 Å². The minimum absolute atomic E-state index is 0.241. The van der Waals surface area contributed by atoms with E-state index in [1.807, 2.05) is 0 Å². The molecule has 3 saturated carbocycles. The number of methoxy groups -OCH3 is 1. The van der Waals surface area contributed by atoms with Crippen LogP contribution in [0.1, 0.15) is 37.7 Å². The van der Waals surface area contributed by atoms with Crippen LogP contribution in [0.15, 0.2) is 18.2 Å². The number of fused-ring (bicyclic) bond motifs is 3. The maximum absolute atomic E-state index is 6.61. The van der Waals surface area contributed by atoms with E-state index in [1.54, 1.807) is 7.11 Å². The molecule has 2 spiro atoms. The van der Waals surface area contributed by atoms with Crippen LogP contribution in [0.25, 0.3) is 0 Å². The molecule has 0 amide bonds. The van der Waals surface area contributed by atoms with E-state index >= 15 is 0 Å². The van der Waals surface area contributed by atoms with Gasteiger partial charge in [-0.05, 0) is 63.1 Å². The maximum atomic E-state index is 6.61. The summed E-state index contributed by atoms with van der Waals surface area (Å²) in [4.78, 5) is 2.55. The number of likely N-dealkylation sites (tertiary alicyclic amines) is 1. The van der Waals surface area contributed by atoms with Gasteiger partial charge < -0.3 is 14.4 Å². The zero-order valence-electron chi connectivity index (χ0n) is 13.6. The van der Waals surface area contributed by atoms with Crippen LogP contribution in [0.5, 0.6) is 11.5 Å². The van der Waals surface area contributed by atoms with Crippen LogP contribution in [0.4, 0.5) is 0 Å². The first-order valence-corrected chi connectivity index (χ1v) is 8.73. The summed E-state index contributed by atoms with van der Waals surface area (Å²) in [5.41, 5.74) is 2.11. The van der Waals surface area contributed by atoms with Crippen LogP contribution in [0.2, 0.25) is 0 Å². The predicted octanol–water partition coefficient (Wildman–Crippen LogP) is 3.22. The lowest BCUT2D eigenvalue weighted by Gasteiger charge is -2.64. The summed E-state index contributed by atoms with van der Waals surface area (Å²) in [6, 6.07) is 6.54. The van der Waals surface area contributed by atoms with Gasteiger partial charge in [0, 0.05) is 17.5 Å². The summed E-state index contributed by atoms with van der Waals surface area (Å²) >= 11 is 0. The molecular weight excluding hydrogens is 274 g/mol. The van der Waals surface area contributed by atoms with Gasteiger partial charge in [0.15, 0.2) is 11.5 Å². The molecule has 22 heavy (non-hydrogen) atoms. The van der Waals surface area contributed by atoms with Gasteiger partial charge in [-0.15, -0.1) is 0 Å². The molecule has 0 radical (unpaired) electrons. The van der Waals surface area contributed by atoms with Crippen LogP contribution in [0.3, 0.4) is 0 Å². The van der Waals surface area contributed by atoms with E-state index in [2.05, 4.69) is 30.1 Å². The zero-order chi connectivity index (χ0) is 14.9. The molecule has 1 aromatic carbocycles. The zero-order valence-corrected chi connectivity index (χ0v) is 13.6. The highest BCUT2D eigenvalue weighted by molar-refractivity contribution is 5.56. The molecule has 2 atom stereocenters. The normalized spacial score (nSPS) is 42.3. The number of nitrogens with zero attached hydrogens (tertiary/aromatic N) is 1. The van der Waals surface area contributed by atoms with Crippen molar-refractivity contribution >= 4 is 0 Å². The van der Waals surface area contributed by atoms with Gasteiger partial charge in [-0.3, -0.25) is 0 Å². The molecule has 1 aromatic rings. The highest BCUT2D eigenvalue weighted by Gasteiger charge is 2.69. The van der Waals surface area contributed by atoms with Crippen molar-refractivity contribution in [3.05, 3.63) is 23.8 Å². The Kier molecular flexibility index (Phi) is 2.52. The Balaban J connectivity index is 1.75. The van der Waals surface area contributed by atoms with E-state index in [-0.39, 0.29) is 5.41 Å². The molecule has 6 rings (SSSR count). The summed E-state index contributed by atoms with van der Waals surface area (Å²) in [6.07, 6.45) is 7.06. The van der Waals surface area contributed by atoms with Crippen LogP contribution >= 0.6 is 0 Å². The quantitative estimate of drug-likeness (QED) is 0.795. The summed E-state index contributed by atoms with van der Waals surface area (Å²) in [5, 5.41) is 0. The minimum Gasteiger partial charge on any atom is -0.493 e. The monoisotopic (exact) mass is 299 g/mol. The topological polar surface area (TPSA) is 21.7 Å². The lowest BCUT2D eigenvalue weighted by molar-refractivity contribution is -0.140. The molecule has 0 N–H and O–H groups in total. The van der Waals surface area contributed by atoms with Crippen LogP contribution in [0, 0.1) is 11.3 Å². The fourth-order valence-corrected chi connectivity index (χ4v) is 6.36. The number of rotatable bonds is 1. The minimum atomic E-state index is 0.241. The number of para-hydroxylation sites is 1. The largest absolute Gasteiger partial charge is 0.493 e. The molecule has 2 aliphatic heterocycles. The summed E-state index contributed by atoms with van der Waals surface area (Å²) < 4.78 is 12.2. The number of benzene rings is 1. The predicted molar refractivity (Wildman–Crippen MR) is 85.6 cm³/mol. The van der Waals surface area contributed by atoms with Crippen molar-refractivity contribution in [1.29, 1.82) is 0 Å². The Hall–Kier alpha value is -1.22. The SMILES string of the molecule is COc1cccc2c1OC1C3CCC4(CC3)CN(C)CCC214. The van der Waals surface area contributed by atoms with Crippen molar-refractivity contribution < 1.29 is 9.47 Å². The highest BCUT2D eigenvalue weighted by atomic mass is 16.5. The molecule has 4 fully saturated rings. The van der Waals surface area contributed by atoms with Crippen LogP contribution < -0.4 is 9.47 Å². The smallest absolute Gasteiger partial charge is 0.165 e. The van der Waals surface area contributed by atoms with Gasteiger partial charge in [-0.1, -0.05) is 12.1 Å². The van der Waals surface area contributed by atoms with E-state index in [0.717, 1.165) is 17.4 Å². The standard InChI is InChI=1S/C19H25NO2/c1-20-11-10-19-14-4-3-5-15(21-2)16(14)22-17(19)13-6-8-18(19,12-20)9-7-13/h3-5,13,17H,6-12H2,1-2H3. The van der Waals surface area contributed by atoms with Crippen molar-refractivity contribution in [2.24, 2.45) is 11.3 Å².